The lowest BCUT2D eigenvalue weighted by molar-refractivity contribution is -0.125. The number of carbonyl (C=O) groups excluding carboxylic acids is 1. The van der Waals surface area contributed by atoms with Crippen molar-refractivity contribution in [3.05, 3.63) is 64.5 Å². The molecule has 2 rings (SSSR count). The Kier molecular flexibility index (Phi) is 5.50. The molecule has 23 heavy (non-hydrogen) atoms. The van der Waals surface area contributed by atoms with Crippen molar-refractivity contribution < 1.29 is 4.79 Å². The third kappa shape index (κ3) is 4.63. The van der Waals surface area contributed by atoms with Gasteiger partial charge in [0.05, 0.1) is 0 Å². The molecule has 4 heteroatoms. The van der Waals surface area contributed by atoms with E-state index in [-0.39, 0.29) is 11.9 Å². The van der Waals surface area contributed by atoms with Gasteiger partial charge >= 0.3 is 0 Å². The number of nitrogens with zero attached hydrogens (tertiary/aromatic N) is 2. The number of amides is 1. The van der Waals surface area contributed by atoms with Crippen molar-refractivity contribution in [3.63, 3.8) is 0 Å². The van der Waals surface area contributed by atoms with E-state index in [1.54, 1.807) is 0 Å². The van der Waals surface area contributed by atoms with Crippen molar-refractivity contribution in [3.8, 4) is 0 Å². The molecule has 1 N–H and O–H groups in total. The second-order valence-corrected chi connectivity index (χ2v) is 6.25. The van der Waals surface area contributed by atoms with Crippen LogP contribution in [0.1, 0.15) is 34.1 Å². The van der Waals surface area contributed by atoms with Crippen LogP contribution in [0.15, 0.2) is 36.4 Å². The molecule has 1 heterocycles. The molecule has 0 aliphatic carbocycles. The van der Waals surface area contributed by atoms with Crippen LogP contribution >= 0.6 is 0 Å². The van der Waals surface area contributed by atoms with Crippen molar-refractivity contribution >= 4 is 5.91 Å². The summed E-state index contributed by atoms with van der Waals surface area (Å²) in [6.45, 7) is 6.49. The predicted molar refractivity (Wildman–Crippen MR) is 93.2 cm³/mol. The molecule has 4 nitrogen and oxygen atoms in total. The second-order valence-electron chi connectivity index (χ2n) is 6.25. The summed E-state index contributed by atoms with van der Waals surface area (Å²) in [4.78, 5) is 18.9. The molecule has 0 radical (unpaired) electrons. The highest BCUT2D eigenvalue weighted by atomic mass is 16.2. The molecule has 0 fully saturated rings. The van der Waals surface area contributed by atoms with Crippen molar-refractivity contribution in [1.82, 2.24) is 15.2 Å². The molecular weight excluding hydrogens is 286 g/mol. The Morgan fingerprint density at radius 1 is 1.09 bits per heavy atom. The first-order valence-electron chi connectivity index (χ1n) is 7.81. The maximum absolute atomic E-state index is 12.6. The van der Waals surface area contributed by atoms with Gasteiger partial charge in [-0.2, -0.15) is 0 Å². The first kappa shape index (κ1) is 17.2. The molecule has 1 amide bonds. The quantitative estimate of drug-likeness (QED) is 0.923. The zero-order valence-corrected chi connectivity index (χ0v) is 14.6. The summed E-state index contributed by atoms with van der Waals surface area (Å²) in [6, 6.07) is 11.8. The molecule has 122 valence electrons. The molecule has 1 aromatic carbocycles. The van der Waals surface area contributed by atoms with Crippen LogP contribution in [0.4, 0.5) is 0 Å². The highest BCUT2D eigenvalue weighted by Gasteiger charge is 2.22. The van der Waals surface area contributed by atoms with Gasteiger partial charge in [0.2, 0.25) is 5.91 Å². The van der Waals surface area contributed by atoms with Crippen LogP contribution in [0.3, 0.4) is 0 Å². The van der Waals surface area contributed by atoms with Crippen LogP contribution in [0.25, 0.3) is 0 Å². The Bertz CT molecular complexity index is 657. The molecule has 1 atom stereocenters. The smallest absolute Gasteiger partial charge is 0.242 e. The van der Waals surface area contributed by atoms with Gasteiger partial charge in [0.1, 0.15) is 6.04 Å². The Morgan fingerprint density at radius 3 is 2.17 bits per heavy atom. The van der Waals surface area contributed by atoms with E-state index < -0.39 is 0 Å². The van der Waals surface area contributed by atoms with Crippen molar-refractivity contribution in [1.29, 1.82) is 0 Å². The average molecular weight is 311 g/mol. The minimum Gasteiger partial charge on any atom is -0.350 e. The molecule has 0 bridgehead atoms. The van der Waals surface area contributed by atoms with Crippen molar-refractivity contribution in [2.24, 2.45) is 0 Å². The highest BCUT2D eigenvalue weighted by Crippen LogP contribution is 2.19. The number of aryl methyl sites for hydroxylation is 3. The van der Waals surface area contributed by atoms with Crippen molar-refractivity contribution in [2.45, 2.75) is 33.4 Å². The fourth-order valence-corrected chi connectivity index (χ4v) is 2.74. The van der Waals surface area contributed by atoms with E-state index in [2.05, 4.69) is 10.3 Å². The number of rotatable bonds is 5. The van der Waals surface area contributed by atoms with E-state index in [1.165, 1.54) is 5.56 Å². The fraction of sp³-hybridized carbons (Fsp3) is 0.368. The van der Waals surface area contributed by atoms with Gasteiger partial charge in [-0.1, -0.05) is 29.8 Å². The Hall–Kier alpha value is -2.20. The number of likely N-dealkylation sites (N-methyl/N-ethyl adjacent to an activating group) is 1. The highest BCUT2D eigenvalue weighted by molar-refractivity contribution is 5.83. The lowest BCUT2D eigenvalue weighted by atomic mass is 10.0. The number of carbonyl (C=O) groups is 1. The third-order valence-electron chi connectivity index (χ3n) is 3.77. The maximum Gasteiger partial charge on any atom is 0.242 e. The Morgan fingerprint density at radius 2 is 1.65 bits per heavy atom. The van der Waals surface area contributed by atoms with E-state index in [1.807, 2.05) is 76.2 Å². The van der Waals surface area contributed by atoms with Gasteiger partial charge in [0.15, 0.2) is 0 Å². The monoisotopic (exact) mass is 311 g/mol. The molecule has 2 aromatic rings. The van der Waals surface area contributed by atoms with Crippen LogP contribution in [0, 0.1) is 20.8 Å². The number of nitrogens with one attached hydrogen (secondary N) is 1. The molecule has 0 spiro atoms. The summed E-state index contributed by atoms with van der Waals surface area (Å²) in [5.41, 5.74) is 5.20. The normalized spacial score (nSPS) is 12.3. The Balaban J connectivity index is 2.11. The molecule has 1 aromatic heterocycles. The van der Waals surface area contributed by atoms with Gasteiger partial charge in [-0.25, -0.2) is 0 Å². The minimum atomic E-state index is -0.292. The standard InChI is InChI=1S/C19H25N3O/c1-13-6-8-17(9-7-13)18(22(4)5)19(23)20-12-16-10-14(2)21-15(3)11-16/h6-11,18H,12H2,1-5H3,(H,20,23). The largest absolute Gasteiger partial charge is 0.350 e. The topological polar surface area (TPSA) is 45.2 Å². The molecule has 0 aliphatic heterocycles. The van der Waals surface area contributed by atoms with Gasteiger partial charge in [-0.15, -0.1) is 0 Å². The van der Waals surface area contributed by atoms with Gasteiger partial charge < -0.3 is 5.32 Å². The first-order valence-corrected chi connectivity index (χ1v) is 7.81. The lowest BCUT2D eigenvalue weighted by Gasteiger charge is -2.24. The number of aromatic nitrogens is 1. The molecule has 0 saturated carbocycles. The Labute approximate surface area is 138 Å². The van der Waals surface area contributed by atoms with E-state index >= 15 is 0 Å². The molecule has 1 unspecified atom stereocenters. The van der Waals surface area contributed by atoms with E-state index in [0.29, 0.717) is 6.54 Å². The van der Waals surface area contributed by atoms with E-state index in [9.17, 15) is 4.79 Å². The summed E-state index contributed by atoms with van der Waals surface area (Å²) in [5, 5.41) is 3.04. The van der Waals surface area contributed by atoms with Gasteiger partial charge in [-0.05, 0) is 58.1 Å². The maximum atomic E-state index is 12.6. The SMILES string of the molecule is Cc1ccc(C(C(=O)NCc2cc(C)nc(C)c2)N(C)C)cc1. The van der Waals surface area contributed by atoms with Gasteiger partial charge in [0, 0.05) is 17.9 Å². The summed E-state index contributed by atoms with van der Waals surface area (Å²) in [5.74, 6) is 0.00553. The summed E-state index contributed by atoms with van der Waals surface area (Å²) >= 11 is 0. The van der Waals surface area contributed by atoms with Crippen LogP contribution < -0.4 is 5.32 Å². The number of pyridine rings is 1. The van der Waals surface area contributed by atoms with Crippen LogP contribution in [-0.2, 0) is 11.3 Å². The summed E-state index contributed by atoms with van der Waals surface area (Å²) in [6.07, 6.45) is 0. The summed E-state index contributed by atoms with van der Waals surface area (Å²) < 4.78 is 0. The third-order valence-corrected chi connectivity index (χ3v) is 3.77. The minimum absolute atomic E-state index is 0.00553. The second kappa shape index (κ2) is 7.38. The van der Waals surface area contributed by atoms with Crippen molar-refractivity contribution in [2.75, 3.05) is 14.1 Å². The van der Waals surface area contributed by atoms with Gasteiger partial charge in [-0.3, -0.25) is 14.7 Å². The van der Waals surface area contributed by atoms with E-state index in [4.69, 9.17) is 0 Å². The van der Waals surface area contributed by atoms with E-state index in [0.717, 1.165) is 22.5 Å². The summed E-state index contributed by atoms with van der Waals surface area (Å²) in [7, 11) is 3.84. The number of hydrogen-bond donors (Lipinski definition) is 1. The zero-order valence-electron chi connectivity index (χ0n) is 14.6. The van der Waals surface area contributed by atoms with Crippen LogP contribution in [0.5, 0.6) is 0 Å². The average Bonchev–Trinajstić information content (AvgIpc) is 2.46. The van der Waals surface area contributed by atoms with Gasteiger partial charge in [0.25, 0.3) is 0 Å². The number of benzene rings is 1. The fourth-order valence-electron chi connectivity index (χ4n) is 2.74. The first-order chi connectivity index (χ1) is 10.9. The number of hydrogen-bond acceptors (Lipinski definition) is 3. The molecule has 0 aliphatic rings. The molecule has 0 saturated heterocycles. The molecular formula is C19H25N3O. The predicted octanol–water partition coefficient (Wildman–Crippen LogP) is 2.93. The zero-order chi connectivity index (χ0) is 17.0. The van der Waals surface area contributed by atoms with Crippen LogP contribution in [0.2, 0.25) is 0 Å². The lowest BCUT2D eigenvalue weighted by Crippen LogP contribution is -2.36. The van der Waals surface area contributed by atoms with Crippen LogP contribution in [-0.4, -0.2) is 29.9 Å².